The average molecular weight is 218 g/mol. The van der Waals surface area contributed by atoms with Crippen molar-refractivity contribution in [2.75, 3.05) is 7.11 Å². The second-order valence-electron chi connectivity index (χ2n) is 4.30. The number of hydrogen-bond acceptors (Lipinski definition) is 2. The van der Waals surface area contributed by atoms with Crippen molar-refractivity contribution < 1.29 is 4.84 Å². The number of nitrogens with zero attached hydrogens (tertiary/aromatic N) is 2. The lowest BCUT2D eigenvalue weighted by atomic mass is 10.0. The summed E-state index contributed by atoms with van der Waals surface area (Å²) in [5.74, 6) is 0. The molecule has 0 saturated carbocycles. The molecule has 0 spiro atoms. The van der Waals surface area contributed by atoms with Crippen molar-refractivity contribution in [2.45, 2.75) is 25.8 Å². The van der Waals surface area contributed by atoms with Crippen LogP contribution < -0.4 is 10.5 Å². The molecular weight excluding hydrogens is 204 g/mol. The molecule has 1 aromatic carbocycles. The summed E-state index contributed by atoms with van der Waals surface area (Å²) in [5.41, 5.74) is 3.07. The predicted octanol–water partition coefficient (Wildman–Crippen LogP) is 1.37. The molecule has 0 saturated heterocycles. The summed E-state index contributed by atoms with van der Waals surface area (Å²) in [6.07, 6.45) is 2.05. The van der Waals surface area contributed by atoms with E-state index in [1.54, 1.807) is 0 Å². The van der Waals surface area contributed by atoms with Crippen LogP contribution in [0.3, 0.4) is 0 Å². The van der Waals surface area contributed by atoms with Gasteiger partial charge in [0.25, 0.3) is 0 Å². The fourth-order valence-corrected chi connectivity index (χ4v) is 2.60. The highest BCUT2D eigenvalue weighted by Gasteiger charge is 2.23. The van der Waals surface area contributed by atoms with Crippen LogP contribution in [0.2, 0.25) is 0 Å². The van der Waals surface area contributed by atoms with E-state index in [-0.39, 0.29) is 11.7 Å². The second kappa shape index (κ2) is 3.14. The SMILES string of the molecule is COn1c(=O)n2c3c(cccc31)CCC2C. The molecule has 84 valence electrons. The van der Waals surface area contributed by atoms with Gasteiger partial charge in [0.2, 0.25) is 0 Å². The van der Waals surface area contributed by atoms with Gasteiger partial charge in [0.15, 0.2) is 0 Å². The van der Waals surface area contributed by atoms with Gasteiger partial charge in [-0.1, -0.05) is 12.1 Å². The van der Waals surface area contributed by atoms with E-state index >= 15 is 0 Å². The summed E-state index contributed by atoms with van der Waals surface area (Å²) in [5, 5.41) is 0. The number of para-hydroxylation sites is 1. The Morgan fingerprint density at radius 1 is 1.44 bits per heavy atom. The van der Waals surface area contributed by atoms with Gasteiger partial charge in [-0.3, -0.25) is 4.57 Å². The summed E-state index contributed by atoms with van der Waals surface area (Å²) in [7, 11) is 1.53. The van der Waals surface area contributed by atoms with Crippen LogP contribution in [0, 0.1) is 0 Å². The van der Waals surface area contributed by atoms with Gasteiger partial charge in [0, 0.05) is 6.04 Å². The van der Waals surface area contributed by atoms with E-state index in [0.717, 1.165) is 23.9 Å². The maximum atomic E-state index is 12.1. The minimum atomic E-state index is -0.0721. The molecule has 4 nitrogen and oxygen atoms in total. The molecule has 0 fully saturated rings. The second-order valence-corrected chi connectivity index (χ2v) is 4.30. The Morgan fingerprint density at radius 3 is 3.00 bits per heavy atom. The molecule has 0 bridgehead atoms. The third-order valence-corrected chi connectivity index (χ3v) is 3.39. The molecule has 16 heavy (non-hydrogen) atoms. The first-order valence-electron chi connectivity index (χ1n) is 5.53. The monoisotopic (exact) mass is 218 g/mol. The summed E-state index contributed by atoms with van der Waals surface area (Å²) >= 11 is 0. The van der Waals surface area contributed by atoms with Crippen molar-refractivity contribution in [3.8, 4) is 0 Å². The van der Waals surface area contributed by atoms with Crippen LogP contribution in [-0.2, 0) is 6.42 Å². The largest absolute Gasteiger partial charge is 0.412 e. The molecule has 0 radical (unpaired) electrons. The predicted molar refractivity (Wildman–Crippen MR) is 61.7 cm³/mol. The maximum Gasteiger partial charge on any atom is 0.362 e. The van der Waals surface area contributed by atoms with Crippen molar-refractivity contribution in [2.24, 2.45) is 0 Å². The van der Waals surface area contributed by atoms with E-state index in [0.29, 0.717) is 0 Å². The smallest absolute Gasteiger partial charge is 0.362 e. The van der Waals surface area contributed by atoms with E-state index in [1.807, 2.05) is 16.7 Å². The van der Waals surface area contributed by atoms with Gasteiger partial charge in [-0.25, -0.2) is 4.79 Å². The lowest BCUT2D eigenvalue weighted by Crippen LogP contribution is -2.30. The van der Waals surface area contributed by atoms with Crippen molar-refractivity contribution >= 4 is 11.0 Å². The number of imidazole rings is 1. The van der Waals surface area contributed by atoms with Gasteiger partial charge in [-0.15, -0.1) is 4.73 Å². The lowest BCUT2D eigenvalue weighted by Gasteiger charge is -2.20. The van der Waals surface area contributed by atoms with Gasteiger partial charge in [-0.05, 0) is 31.4 Å². The van der Waals surface area contributed by atoms with Crippen LogP contribution in [0.4, 0.5) is 0 Å². The highest BCUT2D eigenvalue weighted by molar-refractivity contribution is 5.80. The van der Waals surface area contributed by atoms with Crippen LogP contribution in [0.15, 0.2) is 23.0 Å². The number of aromatic nitrogens is 2. The molecule has 0 amide bonds. The van der Waals surface area contributed by atoms with Crippen LogP contribution in [0.25, 0.3) is 11.0 Å². The Bertz CT molecular complexity index is 609. The minimum Gasteiger partial charge on any atom is -0.412 e. The summed E-state index contributed by atoms with van der Waals surface area (Å²) in [6, 6.07) is 6.25. The Morgan fingerprint density at radius 2 is 2.25 bits per heavy atom. The first-order valence-corrected chi connectivity index (χ1v) is 5.53. The Hall–Kier alpha value is -1.71. The quantitative estimate of drug-likeness (QED) is 0.724. The van der Waals surface area contributed by atoms with Crippen molar-refractivity contribution in [3.63, 3.8) is 0 Å². The molecule has 4 heteroatoms. The standard InChI is InChI=1S/C12H14N2O2/c1-8-6-7-9-4-3-5-10-11(9)13(8)12(15)14(10)16-2/h3-5,8H,6-7H2,1-2H3. The van der Waals surface area contributed by atoms with Gasteiger partial charge in [0.1, 0.15) is 12.6 Å². The molecule has 1 aliphatic heterocycles. The number of hydrogen-bond donors (Lipinski definition) is 0. The highest BCUT2D eigenvalue weighted by atomic mass is 16.7. The van der Waals surface area contributed by atoms with Gasteiger partial charge in [-0.2, -0.15) is 0 Å². The number of benzene rings is 1. The van der Waals surface area contributed by atoms with E-state index in [4.69, 9.17) is 4.84 Å². The number of aryl methyl sites for hydroxylation is 1. The zero-order valence-electron chi connectivity index (χ0n) is 9.43. The Balaban J connectivity index is 2.53. The molecule has 0 N–H and O–H groups in total. The molecule has 1 aromatic heterocycles. The Kier molecular flexibility index (Phi) is 1.87. The van der Waals surface area contributed by atoms with Crippen molar-refractivity contribution in [1.29, 1.82) is 0 Å². The normalized spacial score (nSPS) is 19.0. The molecular formula is C12H14N2O2. The topological polar surface area (TPSA) is 36.2 Å². The maximum absolute atomic E-state index is 12.1. The van der Waals surface area contributed by atoms with Gasteiger partial charge >= 0.3 is 5.69 Å². The fourth-order valence-electron chi connectivity index (χ4n) is 2.60. The van der Waals surface area contributed by atoms with Crippen molar-refractivity contribution in [1.82, 2.24) is 9.30 Å². The summed E-state index contributed by atoms with van der Waals surface area (Å²) in [6.45, 7) is 2.08. The molecule has 1 unspecified atom stereocenters. The summed E-state index contributed by atoms with van der Waals surface area (Å²) in [4.78, 5) is 17.3. The molecule has 3 rings (SSSR count). The van der Waals surface area contributed by atoms with Crippen LogP contribution in [0.1, 0.15) is 24.9 Å². The molecule has 0 aliphatic carbocycles. The molecule has 1 atom stereocenters. The van der Waals surface area contributed by atoms with E-state index in [9.17, 15) is 4.79 Å². The van der Waals surface area contributed by atoms with Crippen LogP contribution in [-0.4, -0.2) is 16.4 Å². The minimum absolute atomic E-state index is 0.0721. The van der Waals surface area contributed by atoms with Crippen LogP contribution >= 0.6 is 0 Å². The van der Waals surface area contributed by atoms with E-state index in [1.165, 1.54) is 17.4 Å². The first kappa shape index (κ1) is 9.51. The van der Waals surface area contributed by atoms with Crippen molar-refractivity contribution in [3.05, 3.63) is 34.2 Å². The van der Waals surface area contributed by atoms with Gasteiger partial charge < -0.3 is 4.84 Å². The zero-order chi connectivity index (χ0) is 11.3. The molecule has 2 heterocycles. The zero-order valence-corrected chi connectivity index (χ0v) is 9.43. The van der Waals surface area contributed by atoms with E-state index in [2.05, 4.69) is 13.0 Å². The molecule has 1 aliphatic rings. The highest BCUT2D eigenvalue weighted by Crippen LogP contribution is 2.28. The third-order valence-electron chi connectivity index (χ3n) is 3.39. The number of rotatable bonds is 1. The Labute approximate surface area is 93.0 Å². The van der Waals surface area contributed by atoms with E-state index < -0.39 is 0 Å². The summed E-state index contributed by atoms with van der Waals surface area (Å²) < 4.78 is 3.22. The lowest BCUT2D eigenvalue weighted by molar-refractivity contribution is 0.164. The average Bonchev–Trinajstić information content (AvgIpc) is 2.58. The molecule has 2 aromatic rings. The van der Waals surface area contributed by atoms with Crippen LogP contribution in [0.5, 0.6) is 0 Å². The van der Waals surface area contributed by atoms with Gasteiger partial charge in [0.05, 0.1) is 5.52 Å². The third kappa shape index (κ3) is 1.01. The fraction of sp³-hybridized carbons (Fsp3) is 0.417. The first-order chi connectivity index (χ1) is 7.74.